The van der Waals surface area contributed by atoms with Gasteiger partial charge >= 0.3 is 0 Å². The summed E-state index contributed by atoms with van der Waals surface area (Å²) in [4.78, 5) is 18.8. The van der Waals surface area contributed by atoms with Gasteiger partial charge in [-0.25, -0.2) is 0 Å². The smallest absolute Gasteiger partial charge is 0.239 e. The first-order chi connectivity index (χ1) is 15.1. The van der Waals surface area contributed by atoms with Crippen molar-refractivity contribution in [3.05, 3.63) is 65.0 Å². The number of benzene rings is 2. The number of rotatable bonds is 6. The van der Waals surface area contributed by atoms with Crippen LogP contribution in [-0.2, 0) is 11.3 Å². The van der Waals surface area contributed by atoms with Crippen molar-refractivity contribution in [2.45, 2.75) is 12.6 Å². The lowest BCUT2D eigenvalue weighted by Crippen LogP contribution is -2.47. The number of guanidine groups is 1. The van der Waals surface area contributed by atoms with E-state index in [1.807, 2.05) is 42.5 Å². The first kappa shape index (κ1) is 21.1. The van der Waals surface area contributed by atoms with Crippen molar-refractivity contribution in [1.29, 1.82) is 0 Å². The number of nitrogens with zero attached hydrogens (tertiary/aromatic N) is 2. The third-order valence-electron chi connectivity index (χ3n) is 5.26. The molecule has 0 radical (unpaired) electrons. The number of aliphatic imine (C=N–C) groups is 1. The van der Waals surface area contributed by atoms with Gasteiger partial charge in [0.1, 0.15) is 6.10 Å². The number of aliphatic hydroxyl groups is 1. The van der Waals surface area contributed by atoms with Gasteiger partial charge in [0, 0.05) is 48.5 Å². The van der Waals surface area contributed by atoms with Crippen molar-refractivity contribution in [3.8, 4) is 0 Å². The molecule has 0 bridgehead atoms. The number of piperazine rings is 1. The standard InChI is InChI=1S/C23H27N5O2S/c1-24-23(27-14-19(29)21-12-17-4-2-3-5-20(17)31-21)26-13-16-6-8-18(9-7-16)28-11-10-25-22(30)15-28/h2-9,12,19,29H,10-11,13-15H2,1H3,(H,25,30)(H2,24,26,27). The Morgan fingerprint density at radius 2 is 2.03 bits per heavy atom. The normalized spacial score (nSPS) is 15.6. The molecule has 8 heteroatoms. The molecule has 1 aliphatic heterocycles. The minimum absolute atomic E-state index is 0.0599. The molecule has 162 valence electrons. The van der Waals surface area contributed by atoms with E-state index >= 15 is 0 Å². The topological polar surface area (TPSA) is 89.0 Å². The van der Waals surface area contributed by atoms with E-state index < -0.39 is 6.10 Å². The highest BCUT2D eigenvalue weighted by Gasteiger charge is 2.16. The molecule has 1 aliphatic rings. The first-order valence-electron chi connectivity index (χ1n) is 10.3. The van der Waals surface area contributed by atoms with E-state index in [1.54, 1.807) is 18.4 Å². The Bertz CT molecular complexity index is 1030. The summed E-state index contributed by atoms with van der Waals surface area (Å²) >= 11 is 1.61. The van der Waals surface area contributed by atoms with Crippen LogP contribution in [0.4, 0.5) is 5.69 Å². The molecule has 2 aromatic carbocycles. The number of anilines is 1. The van der Waals surface area contributed by atoms with Gasteiger partial charge in [0.25, 0.3) is 0 Å². The fraction of sp³-hybridized carbons (Fsp3) is 0.304. The van der Waals surface area contributed by atoms with Crippen LogP contribution in [0.5, 0.6) is 0 Å². The molecule has 1 fully saturated rings. The van der Waals surface area contributed by atoms with Crippen molar-refractivity contribution < 1.29 is 9.90 Å². The number of hydrogen-bond donors (Lipinski definition) is 4. The van der Waals surface area contributed by atoms with Crippen LogP contribution in [0.1, 0.15) is 16.5 Å². The summed E-state index contributed by atoms with van der Waals surface area (Å²) < 4.78 is 1.17. The molecule has 0 aliphatic carbocycles. The Kier molecular flexibility index (Phi) is 6.69. The minimum Gasteiger partial charge on any atom is -0.386 e. The lowest BCUT2D eigenvalue weighted by atomic mass is 10.2. The van der Waals surface area contributed by atoms with Crippen LogP contribution in [0, 0.1) is 0 Å². The Labute approximate surface area is 185 Å². The van der Waals surface area contributed by atoms with Crippen LogP contribution in [0.2, 0.25) is 0 Å². The van der Waals surface area contributed by atoms with E-state index in [2.05, 4.69) is 38.0 Å². The molecule has 4 rings (SSSR count). The summed E-state index contributed by atoms with van der Waals surface area (Å²) in [7, 11) is 1.71. The van der Waals surface area contributed by atoms with Crippen LogP contribution >= 0.6 is 11.3 Å². The number of thiophene rings is 1. The van der Waals surface area contributed by atoms with E-state index in [1.165, 1.54) is 4.70 Å². The van der Waals surface area contributed by atoms with E-state index in [4.69, 9.17) is 0 Å². The van der Waals surface area contributed by atoms with Gasteiger partial charge in [0.2, 0.25) is 5.91 Å². The summed E-state index contributed by atoms with van der Waals surface area (Å²) in [6.07, 6.45) is -0.600. The number of fused-ring (bicyclic) bond motifs is 1. The van der Waals surface area contributed by atoms with E-state index in [-0.39, 0.29) is 5.91 Å². The number of carbonyl (C=O) groups is 1. The van der Waals surface area contributed by atoms with Gasteiger partial charge < -0.3 is 26.0 Å². The molecule has 0 spiro atoms. The van der Waals surface area contributed by atoms with E-state index in [9.17, 15) is 9.90 Å². The van der Waals surface area contributed by atoms with Crippen LogP contribution in [-0.4, -0.2) is 50.2 Å². The second-order valence-corrected chi connectivity index (χ2v) is 8.56. The monoisotopic (exact) mass is 437 g/mol. The highest BCUT2D eigenvalue weighted by Crippen LogP contribution is 2.29. The quantitative estimate of drug-likeness (QED) is 0.351. The van der Waals surface area contributed by atoms with Gasteiger partial charge in [-0.1, -0.05) is 30.3 Å². The fourth-order valence-electron chi connectivity index (χ4n) is 3.55. The van der Waals surface area contributed by atoms with Crippen LogP contribution in [0.3, 0.4) is 0 Å². The highest BCUT2D eigenvalue weighted by atomic mass is 32.1. The Hall–Kier alpha value is -3.10. The molecule has 2 heterocycles. The molecule has 1 unspecified atom stereocenters. The predicted molar refractivity (Wildman–Crippen MR) is 127 cm³/mol. The first-order valence-corrected chi connectivity index (χ1v) is 11.2. The number of hydrogen-bond acceptors (Lipinski definition) is 5. The maximum atomic E-state index is 11.6. The molecule has 1 saturated heterocycles. The van der Waals surface area contributed by atoms with Gasteiger partial charge in [-0.15, -0.1) is 11.3 Å². The number of aliphatic hydroxyl groups excluding tert-OH is 1. The summed E-state index contributed by atoms with van der Waals surface area (Å²) in [6, 6.07) is 18.4. The maximum Gasteiger partial charge on any atom is 0.239 e. The van der Waals surface area contributed by atoms with Gasteiger partial charge in [-0.3, -0.25) is 9.79 Å². The van der Waals surface area contributed by atoms with Crippen molar-refractivity contribution in [2.75, 3.05) is 38.1 Å². The zero-order chi connectivity index (χ0) is 21.6. The Morgan fingerprint density at radius 1 is 1.23 bits per heavy atom. The SMILES string of the molecule is CN=C(NCc1ccc(N2CCNC(=O)C2)cc1)NCC(O)c1cc2ccccc2s1. The van der Waals surface area contributed by atoms with Crippen LogP contribution in [0.15, 0.2) is 59.6 Å². The predicted octanol–water partition coefficient (Wildman–Crippen LogP) is 2.24. The molecule has 1 amide bonds. The van der Waals surface area contributed by atoms with Gasteiger partial charge in [0.05, 0.1) is 6.54 Å². The third kappa shape index (κ3) is 5.34. The molecule has 1 aromatic heterocycles. The summed E-state index contributed by atoms with van der Waals surface area (Å²) in [6.45, 7) is 2.89. The molecular formula is C23H27N5O2S. The van der Waals surface area contributed by atoms with Gasteiger partial charge in [-0.05, 0) is 35.2 Å². The van der Waals surface area contributed by atoms with Gasteiger partial charge in [0.15, 0.2) is 5.96 Å². The van der Waals surface area contributed by atoms with E-state index in [0.29, 0.717) is 32.1 Å². The van der Waals surface area contributed by atoms with Crippen molar-refractivity contribution in [3.63, 3.8) is 0 Å². The summed E-state index contributed by atoms with van der Waals surface area (Å²) in [5.41, 5.74) is 2.16. The van der Waals surface area contributed by atoms with Gasteiger partial charge in [-0.2, -0.15) is 0 Å². The second-order valence-electron chi connectivity index (χ2n) is 7.45. The molecular weight excluding hydrogens is 410 g/mol. The number of amides is 1. The van der Waals surface area contributed by atoms with E-state index in [0.717, 1.165) is 28.1 Å². The zero-order valence-corrected chi connectivity index (χ0v) is 18.3. The second kappa shape index (κ2) is 9.80. The maximum absolute atomic E-state index is 11.6. The molecule has 3 aromatic rings. The lowest BCUT2D eigenvalue weighted by Gasteiger charge is -2.28. The Balaban J connectivity index is 1.27. The highest BCUT2D eigenvalue weighted by molar-refractivity contribution is 7.19. The lowest BCUT2D eigenvalue weighted by molar-refractivity contribution is -0.120. The summed E-state index contributed by atoms with van der Waals surface area (Å²) in [5, 5.41) is 21.0. The van der Waals surface area contributed by atoms with Crippen molar-refractivity contribution >= 4 is 39.0 Å². The van der Waals surface area contributed by atoms with Crippen LogP contribution in [0.25, 0.3) is 10.1 Å². The number of carbonyl (C=O) groups excluding carboxylic acids is 1. The molecule has 7 nitrogen and oxygen atoms in total. The van der Waals surface area contributed by atoms with Crippen molar-refractivity contribution in [1.82, 2.24) is 16.0 Å². The van der Waals surface area contributed by atoms with Crippen molar-refractivity contribution in [2.24, 2.45) is 4.99 Å². The number of nitrogens with one attached hydrogen (secondary N) is 3. The molecule has 4 N–H and O–H groups in total. The molecule has 1 atom stereocenters. The molecule has 31 heavy (non-hydrogen) atoms. The molecule has 0 saturated carbocycles. The van der Waals surface area contributed by atoms with Crippen LogP contribution < -0.4 is 20.9 Å². The minimum atomic E-state index is -0.600. The average Bonchev–Trinajstić information content (AvgIpc) is 3.24. The average molecular weight is 438 g/mol. The third-order valence-corrected chi connectivity index (χ3v) is 6.48. The summed E-state index contributed by atoms with van der Waals surface area (Å²) in [5.74, 6) is 0.696. The zero-order valence-electron chi connectivity index (χ0n) is 17.5. The fourth-order valence-corrected chi connectivity index (χ4v) is 4.60. The largest absolute Gasteiger partial charge is 0.386 e. The Morgan fingerprint density at radius 3 is 2.77 bits per heavy atom.